The van der Waals surface area contributed by atoms with E-state index in [1.165, 1.54) is 11.3 Å². The Morgan fingerprint density at radius 3 is 2.61 bits per heavy atom. The summed E-state index contributed by atoms with van der Waals surface area (Å²) in [5.41, 5.74) is 8.01. The van der Waals surface area contributed by atoms with Gasteiger partial charge in [0.05, 0.1) is 4.88 Å². The van der Waals surface area contributed by atoms with Crippen LogP contribution in [-0.2, 0) is 17.8 Å². The highest BCUT2D eigenvalue weighted by Crippen LogP contribution is 2.29. The van der Waals surface area contributed by atoms with Crippen molar-refractivity contribution in [2.75, 3.05) is 12.3 Å². The topological polar surface area (TPSA) is 128 Å². The van der Waals surface area contributed by atoms with Crippen LogP contribution in [0.3, 0.4) is 0 Å². The lowest BCUT2D eigenvalue weighted by atomic mass is 10.1. The van der Waals surface area contributed by atoms with E-state index in [4.69, 9.17) is 11.1 Å². The Balaban J connectivity index is 1.67. The number of nitrogens with one attached hydrogen (secondary N) is 3. The number of nitrogen functional groups attached to an aromatic ring is 1. The molecule has 0 spiro atoms. The molecule has 2 heterocycles. The molecule has 5 N–H and O–H groups in total. The largest absolute Gasteiger partial charge is 0.398 e. The zero-order chi connectivity index (χ0) is 24.1. The molecular formula is C24H31N5O3S. The van der Waals surface area contributed by atoms with Crippen LogP contribution in [-0.4, -0.2) is 47.5 Å². The number of rotatable bonds is 8. The summed E-state index contributed by atoms with van der Waals surface area (Å²) in [5.74, 6) is -0.598. The van der Waals surface area contributed by atoms with Gasteiger partial charge < -0.3 is 26.7 Å². The molecule has 1 aliphatic heterocycles. The van der Waals surface area contributed by atoms with Crippen molar-refractivity contribution in [2.24, 2.45) is 0 Å². The number of benzene rings is 1. The fourth-order valence-electron chi connectivity index (χ4n) is 3.67. The molecule has 1 aliphatic rings. The number of carbonyl (C=O) groups excluding carboxylic acids is 3. The lowest BCUT2D eigenvalue weighted by Crippen LogP contribution is -2.49. The molecule has 33 heavy (non-hydrogen) atoms. The summed E-state index contributed by atoms with van der Waals surface area (Å²) in [6.07, 6.45) is 3.10. The standard InChI is InChI=1S/C24H31N5O3S/c1-4-14(3)27-23(31)21-11-17-13-29(9-8-20(17)33-21)24(32)19(5-2)28-22(30)15-6-7-18(26)16(10-15)12-25/h6-7,10-12,14,19,25H,4-5,8-9,13,26H2,1-3H3,(H,27,31)(H,28,30)/t14?,19-/m1/s1. The number of hydrogen-bond donors (Lipinski definition) is 4. The molecule has 0 saturated carbocycles. The summed E-state index contributed by atoms with van der Waals surface area (Å²) in [6, 6.07) is 6.03. The quantitative estimate of drug-likeness (QED) is 0.350. The maximum absolute atomic E-state index is 13.2. The van der Waals surface area contributed by atoms with Gasteiger partial charge in [-0.2, -0.15) is 0 Å². The fraction of sp³-hybridized carbons (Fsp3) is 0.417. The minimum Gasteiger partial charge on any atom is -0.398 e. The Bertz CT molecular complexity index is 1060. The minimum absolute atomic E-state index is 0.0758. The second-order valence-electron chi connectivity index (χ2n) is 8.27. The normalized spacial score (nSPS) is 14.7. The van der Waals surface area contributed by atoms with Crippen LogP contribution in [0.1, 0.15) is 69.6 Å². The van der Waals surface area contributed by atoms with Crippen LogP contribution < -0.4 is 16.4 Å². The van der Waals surface area contributed by atoms with Crippen LogP contribution in [0.4, 0.5) is 5.69 Å². The maximum Gasteiger partial charge on any atom is 0.261 e. The summed E-state index contributed by atoms with van der Waals surface area (Å²) in [6.45, 7) is 6.82. The van der Waals surface area contributed by atoms with E-state index < -0.39 is 6.04 Å². The van der Waals surface area contributed by atoms with Gasteiger partial charge >= 0.3 is 0 Å². The molecule has 1 aromatic heterocycles. The fourth-order valence-corrected chi connectivity index (χ4v) is 4.74. The van der Waals surface area contributed by atoms with Crippen LogP contribution in [0.5, 0.6) is 0 Å². The molecule has 0 aliphatic carbocycles. The number of thiophene rings is 1. The number of carbonyl (C=O) groups is 3. The SMILES string of the molecule is CCC(C)NC(=O)c1cc2c(s1)CCN(C(=O)[C@@H](CC)NC(=O)c1ccc(N)c(C=N)c1)C2. The van der Waals surface area contributed by atoms with Crippen molar-refractivity contribution in [3.05, 3.63) is 50.7 Å². The van der Waals surface area contributed by atoms with E-state index in [-0.39, 0.29) is 23.8 Å². The molecule has 3 amide bonds. The predicted molar refractivity (Wildman–Crippen MR) is 131 cm³/mol. The highest BCUT2D eigenvalue weighted by molar-refractivity contribution is 7.14. The van der Waals surface area contributed by atoms with Gasteiger partial charge in [-0.1, -0.05) is 13.8 Å². The molecule has 9 heteroatoms. The van der Waals surface area contributed by atoms with Crippen molar-refractivity contribution >= 4 is 41.0 Å². The lowest BCUT2D eigenvalue weighted by molar-refractivity contribution is -0.134. The first-order chi connectivity index (χ1) is 15.8. The summed E-state index contributed by atoms with van der Waals surface area (Å²) in [5, 5.41) is 13.2. The van der Waals surface area contributed by atoms with Crippen molar-refractivity contribution in [2.45, 2.75) is 58.7 Å². The van der Waals surface area contributed by atoms with Gasteiger partial charge in [0.1, 0.15) is 6.04 Å². The number of nitrogens with two attached hydrogens (primary N) is 1. The second kappa shape index (κ2) is 10.6. The Morgan fingerprint density at radius 2 is 1.94 bits per heavy atom. The molecule has 1 aromatic carbocycles. The Morgan fingerprint density at radius 1 is 1.18 bits per heavy atom. The van der Waals surface area contributed by atoms with Crippen molar-refractivity contribution in [3.63, 3.8) is 0 Å². The van der Waals surface area contributed by atoms with Crippen molar-refractivity contribution in [3.8, 4) is 0 Å². The van der Waals surface area contributed by atoms with Gasteiger partial charge in [-0.3, -0.25) is 14.4 Å². The van der Waals surface area contributed by atoms with Crippen LogP contribution >= 0.6 is 11.3 Å². The predicted octanol–water partition coefficient (Wildman–Crippen LogP) is 2.95. The van der Waals surface area contributed by atoms with Gasteiger partial charge in [0.25, 0.3) is 11.8 Å². The van der Waals surface area contributed by atoms with Crippen LogP contribution in [0, 0.1) is 5.41 Å². The first kappa shape index (κ1) is 24.4. The molecule has 0 fully saturated rings. The van der Waals surface area contributed by atoms with E-state index in [1.807, 2.05) is 26.8 Å². The van der Waals surface area contributed by atoms with Gasteiger partial charge in [-0.25, -0.2) is 0 Å². The summed E-state index contributed by atoms with van der Waals surface area (Å²) >= 11 is 1.49. The maximum atomic E-state index is 13.2. The molecule has 2 aromatic rings. The Kier molecular flexibility index (Phi) is 7.86. The second-order valence-corrected chi connectivity index (χ2v) is 9.41. The van der Waals surface area contributed by atoms with Gasteiger partial charge in [-0.15, -0.1) is 11.3 Å². The average molecular weight is 470 g/mol. The molecule has 3 rings (SSSR count). The molecule has 0 radical (unpaired) electrons. The van der Waals surface area contributed by atoms with Gasteiger partial charge in [0.15, 0.2) is 0 Å². The first-order valence-corrected chi connectivity index (χ1v) is 12.0. The van der Waals surface area contributed by atoms with Crippen molar-refractivity contribution in [1.29, 1.82) is 5.41 Å². The molecule has 0 bridgehead atoms. The number of hydrogen-bond acceptors (Lipinski definition) is 6. The van der Waals surface area contributed by atoms with E-state index >= 15 is 0 Å². The van der Waals surface area contributed by atoms with Crippen molar-refractivity contribution in [1.82, 2.24) is 15.5 Å². The molecule has 0 saturated heterocycles. The third-order valence-electron chi connectivity index (χ3n) is 5.91. The zero-order valence-electron chi connectivity index (χ0n) is 19.2. The summed E-state index contributed by atoms with van der Waals surface area (Å²) < 4.78 is 0. The molecular weight excluding hydrogens is 438 g/mol. The highest BCUT2D eigenvalue weighted by Gasteiger charge is 2.29. The molecule has 2 atom stereocenters. The van der Waals surface area contributed by atoms with Crippen LogP contribution in [0.2, 0.25) is 0 Å². The zero-order valence-corrected chi connectivity index (χ0v) is 20.1. The molecule has 176 valence electrons. The smallest absolute Gasteiger partial charge is 0.261 e. The number of amides is 3. The number of fused-ring (bicyclic) bond motifs is 1. The third-order valence-corrected chi connectivity index (χ3v) is 7.14. The van der Waals surface area contributed by atoms with Crippen molar-refractivity contribution < 1.29 is 14.4 Å². The van der Waals surface area contributed by atoms with Gasteiger partial charge in [0.2, 0.25) is 5.91 Å². The molecule has 8 nitrogen and oxygen atoms in total. The van der Waals surface area contributed by atoms with E-state index in [2.05, 4.69) is 10.6 Å². The van der Waals surface area contributed by atoms with E-state index in [9.17, 15) is 14.4 Å². The number of nitrogens with zero attached hydrogens (tertiary/aromatic N) is 1. The van der Waals surface area contributed by atoms with Gasteiger partial charge in [-0.05, 0) is 56.0 Å². The van der Waals surface area contributed by atoms with E-state index in [1.54, 1.807) is 23.1 Å². The van der Waals surface area contributed by atoms with Crippen LogP contribution in [0.15, 0.2) is 24.3 Å². The summed E-state index contributed by atoms with van der Waals surface area (Å²) in [4.78, 5) is 41.9. The van der Waals surface area contributed by atoms with E-state index in [0.717, 1.165) is 23.1 Å². The first-order valence-electron chi connectivity index (χ1n) is 11.2. The molecule has 1 unspecified atom stereocenters. The highest BCUT2D eigenvalue weighted by atomic mass is 32.1. The number of anilines is 1. The Labute approximate surface area is 198 Å². The summed E-state index contributed by atoms with van der Waals surface area (Å²) in [7, 11) is 0. The third kappa shape index (κ3) is 5.60. The Hall–Kier alpha value is -3.20. The van der Waals surface area contributed by atoms with E-state index in [0.29, 0.717) is 47.6 Å². The lowest BCUT2D eigenvalue weighted by Gasteiger charge is -2.30. The monoisotopic (exact) mass is 469 g/mol. The van der Waals surface area contributed by atoms with Crippen LogP contribution in [0.25, 0.3) is 0 Å². The average Bonchev–Trinajstić information content (AvgIpc) is 3.25. The van der Waals surface area contributed by atoms with Gasteiger partial charge in [0, 0.05) is 47.0 Å². The minimum atomic E-state index is -0.660.